The molecule has 0 atom stereocenters. The number of nitrogens with two attached hydrogens (primary N) is 1. The summed E-state index contributed by atoms with van der Waals surface area (Å²) in [5, 5.41) is 3.04. The van der Waals surface area contributed by atoms with E-state index in [1.54, 1.807) is 7.11 Å². The summed E-state index contributed by atoms with van der Waals surface area (Å²) in [5.41, 5.74) is 7.85. The Bertz CT molecular complexity index is 669. The Balaban J connectivity index is 0.00000364. The molecule has 27 heavy (non-hydrogen) atoms. The molecular formula is C20H28IN3O3. The van der Waals surface area contributed by atoms with Gasteiger partial charge in [0.15, 0.2) is 5.96 Å². The number of benzene rings is 2. The number of nitrogens with one attached hydrogen (secondary N) is 1. The quantitative estimate of drug-likeness (QED) is 0.220. The Morgan fingerprint density at radius 2 is 1.67 bits per heavy atom. The van der Waals surface area contributed by atoms with Crippen molar-refractivity contribution in [3.8, 4) is 5.75 Å². The molecule has 7 heteroatoms. The first kappa shape index (κ1) is 23.2. The van der Waals surface area contributed by atoms with Crippen LogP contribution in [0.2, 0.25) is 0 Å². The van der Waals surface area contributed by atoms with Gasteiger partial charge in [0.25, 0.3) is 0 Å². The number of hydrogen-bond donors (Lipinski definition) is 2. The van der Waals surface area contributed by atoms with Crippen LogP contribution >= 0.6 is 24.0 Å². The minimum atomic E-state index is 0. The monoisotopic (exact) mass is 485 g/mol. The molecule has 0 aliphatic rings. The molecule has 0 aliphatic carbocycles. The molecule has 2 rings (SSSR count). The Hall–Kier alpha value is -1.84. The summed E-state index contributed by atoms with van der Waals surface area (Å²) in [4.78, 5) is 4.28. The maximum atomic E-state index is 5.89. The molecule has 0 heterocycles. The summed E-state index contributed by atoms with van der Waals surface area (Å²) in [6.45, 7) is 2.99. The molecule has 0 fully saturated rings. The smallest absolute Gasteiger partial charge is 0.193 e. The van der Waals surface area contributed by atoms with Crippen molar-refractivity contribution >= 4 is 35.6 Å². The third-order valence-electron chi connectivity index (χ3n) is 3.58. The van der Waals surface area contributed by atoms with E-state index in [0.29, 0.717) is 38.9 Å². The molecule has 0 radical (unpaired) electrons. The number of nitrogens with zero attached hydrogens (tertiary/aromatic N) is 1. The van der Waals surface area contributed by atoms with E-state index in [1.807, 2.05) is 54.6 Å². The third kappa shape index (κ3) is 9.60. The molecule has 0 aromatic heterocycles. The normalized spacial score (nSPS) is 10.9. The summed E-state index contributed by atoms with van der Waals surface area (Å²) in [5.74, 6) is 1.09. The maximum absolute atomic E-state index is 5.89. The van der Waals surface area contributed by atoms with Crippen LogP contribution in [0.15, 0.2) is 59.6 Å². The summed E-state index contributed by atoms with van der Waals surface area (Å²) in [7, 11) is 1.62. The van der Waals surface area contributed by atoms with Crippen LogP contribution in [0, 0.1) is 0 Å². The molecule has 2 aromatic rings. The van der Waals surface area contributed by atoms with Gasteiger partial charge in [0.2, 0.25) is 0 Å². The number of ether oxygens (including phenoxy) is 3. The van der Waals surface area contributed by atoms with E-state index in [4.69, 9.17) is 19.9 Å². The molecule has 6 nitrogen and oxygen atoms in total. The molecule has 148 valence electrons. The van der Waals surface area contributed by atoms with Gasteiger partial charge in [-0.3, -0.25) is 4.99 Å². The Morgan fingerprint density at radius 1 is 0.963 bits per heavy atom. The third-order valence-corrected chi connectivity index (χ3v) is 3.58. The number of para-hydroxylation sites is 2. The largest absolute Gasteiger partial charge is 0.495 e. The van der Waals surface area contributed by atoms with Crippen molar-refractivity contribution in [3.05, 3.63) is 60.2 Å². The first-order chi connectivity index (χ1) is 12.8. The fraction of sp³-hybridized carbons (Fsp3) is 0.350. The van der Waals surface area contributed by atoms with Crippen LogP contribution in [0.5, 0.6) is 5.75 Å². The fourth-order valence-electron chi connectivity index (χ4n) is 2.28. The Morgan fingerprint density at radius 3 is 2.44 bits per heavy atom. The predicted octanol–water partition coefficient (Wildman–Crippen LogP) is 3.66. The molecule has 0 unspecified atom stereocenters. The van der Waals surface area contributed by atoms with E-state index in [1.165, 1.54) is 5.56 Å². The molecule has 0 spiro atoms. The SMILES string of the molecule is COc1ccccc1NC(N)=NCCCOCCOCc1ccccc1.I. The van der Waals surface area contributed by atoms with Crippen molar-refractivity contribution in [2.45, 2.75) is 13.0 Å². The molecule has 0 saturated carbocycles. The van der Waals surface area contributed by atoms with Gasteiger partial charge in [0.1, 0.15) is 5.75 Å². The van der Waals surface area contributed by atoms with Crippen LogP contribution in [0.3, 0.4) is 0 Å². The lowest BCUT2D eigenvalue weighted by molar-refractivity contribution is 0.0403. The van der Waals surface area contributed by atoms with Crippen LogP contribution in [0.25, 0.3) is 0 Å². The van der Waals surface area contributed by atoms with Gasteiger partial charge in [0, 0.05) is 13.2 Å². The molecular weight excluding hydrogens is 457 g/mol. The zero-order valence-corrected chi connectivity index (χ0v) is 17.9. The van der Waals surface area contributed by atoms with Crippen molar-refractivity contribution in [3.63, 3.8) is 0 Å². The summed E-state index contributed by atoms with van der Waals surface area (Å²) >= 11 is 0. The lowest BCUT2D eigenvalue weighted by atomic mass is 10.2. The molecule has 2 aromatic carbocycles. The second-order valence-electron chi connectivity index (χ2n) is 5.60. The van der Waals surface area contributed by atoms with Gasteiger partial charge >= 0.3 is 0 Å². The first-order valence-corrected chi connectivity index (χ1v) is 8.69. The van der Waals surface area contributed by atoms with E-state index >= 15 is 0 Å². The van der Waals surface area contributed by atoms with E-state index in [9.17, 15) is 0 Å². The Labute approximate surface area is 178 Å². The number of rotatable bonds is 11. The number of hydrogen-bond acceptors (Lipinski definition) is 4. The lowest BCUT2D eigenvalue weighted by Crippen LogP contribution is -2.23. The molecule has 3 N–H and O–H groups in total. The second-order valence-corrected chi connectivity index (χ2v) is 5.60. The number of anilines is 1. The molecule has 0 aliphatic heterocycles. The van der Waals surface area contributed by atoms with Crippen LogP contribution in [-0.2, 0) is 16.1 Å². The highest BCUT2D eigenvalue weighted by Gasteiger charge is 2.01. The average Bonchev–Trinajstić information content (AvgIpc) is 2.68. The topological polar surface area (TPSA) is 78.1 Å². The van der Waals surface area contributed by atoms with Crippen molar-refractivity contribution in [2.75, 3.05) is 38.8 Å². The van der Waals surface area contributed by atoms with Gasteiger partial charge in [-0.25, -0.2) is 0 Å². The number of aliphatic imine (C=N–C) groups is 1. The van der Waals surface area contributed by atoms with Gasteiger partial charge < -0.3 is 25.3 Å². The zero-order chi connectivity index (χ0) is 18.5. The maximum Gasteiger partial charge on any atom is 0.193 e. The van der Waals surface area contributed by atoms with Crippen molar-refractivity contribution in [2.24, 2.45) is 10.7 Å². The van der Waals surface area contributed by atoms with Crippen molar-refractivity contribution in [1.82, 2.24) is 0 Å². The van der Waals surface area contributed by atoms with E-state index in [2.05, 4.69) is 10.3 Å². The molecule has 0 amide bonds. The van der Waals surface area contributed by atoms with Gasteiger partial charge in [-0.15, -0.1) is 24.0 Å². The minimum Gasteiger partial charge on any atom is -0.495 e. The number of methoxy groups -OCH3 is 1. The van der Waals surface area contributed by atoms with E-state index in [0.717, 1.165) is 17.9 Å². The van der Waals surface area contributed by atoms with Crippen LogP contribution < -0.4 is 15.8 Å². The number of halogens is 1. The fourth-order valence-corrected chi connectivity index (χ4v) is 2.28. The van der Waals surface area contributed by atoms with Crippen molar-refractivity contribution < 1.29 is 14.2 Å². The van der Waals surface area contributed by atoms with Crippen LogP contribution in [0.1, 0.15) is 12.0 Å². The van der Waals surface area contributed by atoms with Crippen LogP contribution in [-0.4, -0.2) is 39.4 Å². The Kier molecular flexibility index (Phi) is 12.2. The molecule has 0 saturated heterocycles. The molecule has 0 bridgehead atoms. The van der Waals surface area contributed by atoms with Gasteiger partial charge in [-0.05, 0) is 24.1 Å². The van der Waals surface area contributed by atoms with E-state index in [-0.39, 0.29) is 24.0 Å². The average molecular weight is 485 g/mol. The van der Waals surface area contributed by atoms with Gasteiger partial charge in [0.05, 0.1) is 32.6 Å². The summed E-state index contributed by atoms with van der Waals surface area (Å²) in [6, 6.07) is 17.7. The number of guanidine groups is 1. The van der Waals surface area contributed by atoms with E-state index < -0.39 is 0 Å². The predicted molar refractivity (Wildman–Crippen MR) is 120 cm³/mol. The van der Waals surface area contributed by atoms with Crippen LogP contribution in [0.4, 0.5) is 5.69 Å². The second kappa shape index (κ2) is 14.2. The minimum absolute atomic E-state index is 0. The van der Waals surface area contributed by atoms with Gasteiger partial charge in [-0.1, -0.05) is 42.5 Å². The zero-order valence-electron chi connectivity index (χ0n) is 15.6. The summed E-state index contributed by atoms with van der Waals surface area (Å²) < 4.78 is 16.4. The first-order valence-electron chi connectivity index (χ1n) is 8.69. The van der Waals surface area contributed by atoms with Gasteiger partial charge in [-0.2, -0.15) is 0 Å². The summed E-state index contributed by atoms with van der Waals surface area (Å²) in [6.07, 6.45) is 0.799. The highest BCUT2D eigenvalue weighted by molar-refractivity contribution is 14.0. The van der Waals surface area contributed by atoms with Crippen molar-refractivity contribution in [1.29, 1.82) is 0 Å². The lowest BCUT2D eigenvalue weighted by Gasteiger charge is -2.10. The highest BCUT2D eigenvalue weighted by Crippen LogP contribution is 2.22. The standard InChI is InChI=1S/C20H27N3O3.HI/c1-24-19-11-6-5-10-18(19)23-20(21)22-12-7-13-25-14-15-26-16-17-8-3-2-4-9-17;/h2-6,8-11H,7,12-16H2,1H3,(H3,21,22,23);1H. The highest BCUT2D eigenvalue weighted by atomic mass is 127.